The Morgan fingerprint density at radius 3 is 2.38 bits per heavy atom. The average molecular weight is 219 g/mol. The highest BCUT2D eigenvalue weighted by molar-refractivity contribution is 6.42. The molecular weight excluding hydrogens is 202 g/mol. The second-order valence-corrected chi connectivity index (χ2v) is 4.13. The number of amides is 1. The molecule has 0 saturated carbocycles. The molecule has 0 aromatic heterocycles. The number of carbonyl (C=O) groups is 2. The first-order valence-corrected chi connectivity index (χ1v) is 5.49. The zero-order valence-electron chi connectivity index (χ0n) is 9.69. The average Bonchev–Trinajstić information content (AvgIpc) is 2.28. The largest absolute Gasteiger partial charge is 0.349 e. The van der Waals surface area contributed by atoms with Gasteiger partial charge in [0.25, 0.3) is 5.91 Å². The molecule has 0 aliphatic rings. The van der Waals surface area contributed by atoms with E-state index in [0.29, 0.717) is 18.0 Å². The summed E-state index contributed by atoms with van der Waals surface area (Å²) in [5, 5.41) is 2.62. The topological polar surface area (TPSA) is 46.2 Å². The molecule has 0 radical (unpaired) electrons. The molecule has 0 bridgehead atoms. The van der Waals surface area contributed by atoms with E-state index in [0.717, 1.165) is 6.42 Å². The van der Waals surface area contributed by atoms with E-state index in [4.69, 9.17) is 0 Å². The Kier molecular flexibility index (Phi) is 4.70. The molecule has 1 rings (SSSR count). The number of benzene rings is 1. The van der Waals surface area contributed by atoms with E-state index < -0.39 is 11.7 Å². The van der Waals surface area contributed by atoms with E-state index in [-0.39, 0.29) is 0 Å². The molecule has 0 saturated heterocycles. The summed E-state index contributed by atoms with van der Waals surface area (Å²) in [6, 6.07) is 8.59. The van der Waals surface area contributed by atoms with Crippen LogP contribution in [0.4, 0.5) is 0 Å². The summed E-state index contributed by atoms with van der Waals surface area (Å²) in [6.07, 6.45) is 0.883. The minimum atomic E-state index is -0.521. The number of hydrogen-bond acceptors (Lipinski definition) is 2. The molecule has 0 unspecified atom stereocenters. The van der Waals surface area contributed by atoms with Crippen LogP contribution in [0.15, 0.2) is 30.3 Å². The van der Waals surface area contributed by atoms with Crippen LogP contribution in [0.2, 0.25) is 0 Å². The number of ketones is 1. The fraction of sp³-hybridized carbons (Fsp3) is 0.385. The van der Waals surface area contributed by atoms with Gasteiger partial charge >= 0.3 is 0 Å². The van der Waals surface area contributed by atoms with Crippen LogP contribution in [0.25, 0.3) is 0 Å². The van der Waals surface area contributed by atoms with E-state index in [9.17, 15) is 9.59 Å². The standard InChI is InChI=1S/C13H17NO2/c1-10(2)8-9-14-13(16)12(15)11-6-4-3-5-7-11/h3-7,10H,8-9H2,1-2H3,(H,14,16). The van der Waals surface area contributed by atoms with E-state index in [1.54, 1.807) is 24.3 Å². The summed E-state index contributed by atoms with van der Waals surface area (Å²) in [5.41, 5.74) is 0.435. The molecular formula is C13H17NO2. The molecule has 3 heteroatoms. The smallest absolute Gasteiger partial charge is 0.292 e. The van der Waals surface area contributed by atoms with Crippen molar-refractivity contribution in [1.29, 1.82) is 0 Å². The lowest BCUT2D eigenvalue weighted by atomic mass is 10.1. The van der Waals surface area contributed by atoms with Crippen LogP contribution in [0, 0.1) is 5.92 Å². The van der Waals surface area contributed by atoms with Crippen LogP contribution in [0.1, 0.15) is 30.6 Å². The van der Waals surface area contributed by atoms with Crippen molar-refractivity contribution >= 4 is 11.7 Å². The fourth-order valence-electron chi connectivity index (χ4n) is 1.28. The molecule has 86 valence electrons. The SMILES string of the molecule is CC(C)CCNC(=O)C(=O)c1ccccc1. The molecule has 0 spiro atoms. The molecule has 16 heavy (non-hydrogen) atoms. The first kappa shape index (κ1) is 12.4. The van der Waals surface area contributed by atoms with Gasteiger partial charge in [0.1, 0.15) is 0 Å². The maximum atomic E-state index is 11.6. The summed E-state index contributed by atoms with van der Waals surface area (Å²) in [5.74, 6) is -0.469. The second-order valence-electron chi connectivity index (χ2n) is 4.13. The third-order valence-corrected chi connectivity index (χ3v) is 2.25. The van der Waals surface area contributed by atoms with E-state index in [1.165, 1.54) is 0 Å². The van der Waals surface area contributed by atoms with Crippen molar-refractivity contribution in [2.24, 2.45) is 5.92 Å². The van der Waals surface area contributed by atoms with Crippen LogP contribution in [-0.4, -0.2) is 18.2 Å². The summed E-state index contributed by atoms with van der Waals surface area (Å²) in [4.78, 5) is 23.1. The Balaban J connectivity index is 2.46. The summed E-state index contributed by atoms with van der Waals surface area (Å²) >= 11 is 0. The van der Waals surface area contributed by atoms with Crippen LogP contribution in [0.3, 0.4) is 0 Å². The van der Waals surface area contributed by atoms with Crippen molar-refractivity contribution in [2.45, 2.75) is 20.3 Å². The van der Waals surface area contributed by atoms with Gasteiger partial charge in [0.15, 0.2) is 0 Å². The van der Waals surface area contributed by atoms with Gasteiger partial charge in [0, 0.05) is 12.1 Å². The first-order chi connectivity index (χ1) is 7.61. The Bertz CT molecular complexity index is 357. The van der Waals surface area contributed by atoms with Gasteiger partial charge in [0.2, 0.25) is 5.78 Å². The van der Waals surface area contributed by atoms with Gasteiger partial charge in [-0.05, 0) is 12.3 Å². The van der Waals surface area contributed by atoms with Crippen LogP contribution in [0.5, 0.6) is 0 Å². The second kappa shape index (κ2) is 6.05. The van der Waals surface area contributed by atoms with Gasteiger partial charge in [0.05, 0.1) is 0 Å². The normalized spacial score (nSPS) is 10.2. The van der Waals surface area contributed by atoms with Crippen molar-refractivity contribution in [3.63, 3.8) is 0 Å². The molecule has 0 heterocycles. The zero-order chi connectivity index (χ0) is 12.0. The van der Waals surface area contributed by atoms with Crippen LogP contribution < -0.4 is 5.32 Å². The third kappa shape index (κ3) is 3.85. The third-order valence-electron chi connectivity index (χ3n) is 2.25. The Morgan fingerprint density at radius 2 is 1.81 bits per heavy atom. The number of Topliss-reactive ketones (excluding diaryl/α,β-unsaturated/α-hetero) is 1. The van der Waals surface area contributed by atoms with Gasteiger partial charge in [-0.3, -0.25) is 9.59 Å². The van der Waals surface area contributed by atoms with E-state index in [2.05, 4.69) is 19.2 Å². The number of hydrogen-bond donors (Lipinski definition) is 1. The van der Waals surface area contributed by atoms with Gasteiger partial charge in [-0.1, -0.05) is 44.2 Å². The molecule has 1 aromatic rings. The molecule has 0 atom stereocenters. The highest BCUT2D eigenvalue weighted by atomic mass is 16.2. The predicted molar refractivity (Wildman–Crippen MR) is 63.2 cm³/mol. The molecule has 0 fully saturated rings. The lowest BCUT2D eigenvalue weighted by molar-refractivity contribution is -0.117. The van der Waals surface area contributed by atoms with Crippen molar-refractivity contribution in [2.75, 3.05) is 6.54 Å². The highest BCUT2D eigenvalue weighted by Gasteiger charge is 2.14. The van der Waals surface area contributed by atoms with Gasteiger partial charge in [-0.25, -0.2) is 0 Å². The highest BCUT2D eigenvalue weighted by Crippen LogP contribution is 2.00. The van der Waals surface area contributed by atoms with E-state index in [1.807, 2.05) is 6.07 Å². The van der Waals surface area contributed by atoms with Crippen LogP contribution in [-0.2, 0) is 4.79 Å². The minimum Gasteiger partial charge on any atom is -0.349 e. The van der Waals surface area contributed by atoms with Gasteiger partial charge in [-0.15, -0.1) is 0 Å². The number of carbonyl (C=O) groups excluding carboxylic acids is 2. The van der Waals surface area contributed by atoms with Crippen molar-refractivity contribution in [3.8, 4) is 0 Å². The summed E-state index contributed by atoms with van der Waals surface area (Å²) in [7, 11) is 0. The van der Waals surface area contributed by atoms with Gasteiger partial charge < -0.3 is 5.32 Å². The molecule has 1 N–H and O–H groups in total. The fourth-order valence-corrected chi connectivity index (χ4v) is 1.28. The predicted octanol–water partition coefficient (Wildman–Crippen LogP) is 2.03. The Hall–Kier alpha value is -1.64. The quantitative estimate of drug-likeness (QED) is 0.608. The van der Waals surface area contributed by atoms with Crippen molar-refractivity contribution in [1.82, 2.24) is 5.32 Å². The zero-order valence-corrected chi connectivity index (χ0v) is 9.69. The van der Waals surface area contributed by atoms with Crippen molar-refractivity contribution in [3.05, 3.63) is 35.9 Å². The summed E-state index contributed by atoms with van der Waals surface area (Å²) < 4.78 is 0. The molecule has 0 aliphatic carbocycles. The Morgan fingerprint density at radius 1 is 1.19 bits per heavy atom. The maximum absolute atomic E-state index is 11.6. The summed E-state index contributed by atoms with van der Waals surface area (Å²) in [6.45, 7) is 4.70. The molecule has 1 aromatic carbocycles. The number of rotatable bonds is 5. The lowest BCUT2D eigenvalue weighted by Crippen LogP contribution is -2.32. The lowest BCUT2D eigenvalue weighted by Gasteiger charge is -2.06. The van der Waals surface area contributed by atoms with Gasteiger partial charge in [-0.2, -0.15) is 0 Å². The van der Waals surface area contributed by atoms with Crippen molar-refractivity contribution < 1.29 is 9.59 Å². The van der Waals surface area contributed by atoms with Crippen LogP contribution >= 0.6 is 0 Å². The maximum Gasteiger partial charge on any atom is 0.292 e. The molecule has 3 nitrogen and oxygen atoms in total. The Labute approximate surface area is 95.9 Å². The minimum absolute atomic E-state index is 0.435. The molecule has 1 amide bonds. The monoisotopic (exact) mass is 219 g/mol. The first-order valence-electron chi connectivity index (χ1n) is 5.49. The van der Waals surface area contributed by atoms with E-state index >= 15 is 0 Å². The molecule has 0 aliphatic heterocycles. The number of nitrogens with one attached hydrogen (secondary N) is 1.